The van der Waals surface area contributed by atoms with Crippen LogP contribution >= 0.6 is 0 Å². The van der Waals surface area contributed by atoms with E-state index in [2.05, 4.69) is 10.6 Å². The number of rotatable bonds is 5. The second-order valence-electron chi connectivity index (χ2n) is 4.72. The molecule has 2 N–H and O–H groups in total. The van der Waals surface area contributed by atoms with Crippen LogP contribution in [0, 0.1) is 5.82 Å². The van der Waals surface area contributed by atoms with E-state index in [-0.39, 0.29) is 30.3 Å². The first-order valence-electron chi connectivity index (χ1n) is 6.51. The number of nitrogens with one attached hydrogen (secondary N) is 2. The number of anilines is 1. The standard InChI is InChI=1S/C14H19FN2O2/c1-19-13-8-4-7-12(13)16-9-14(18)17-11-6-3-2-5-10(11)15/h2-3,5-6,12-13,16H,4,7-9H2,1H3,(H,17,18). The molecular formula is C14H19FN2O2. The van der Waals surface area contributed by atoms with Crippen LogP contribution in [0.4, 0.5) is 10.1 Å². The van der Waals surface area contributed by atoms with Gasteiger partial charge in [-0.1, -0.05) is 12.1 Å². The Bertz CT molecular complexity index is 439. The van der Waals surface area contributed by atoms with Crippen LogP contribution < -0.4 is 10.6 Å². The molecule has 0 bridgehead atoms. The molecular weight excluding hydrogens is 247 g/mol. The van der Waals surface area contributed by atoms with E-state index in [1.54, 1.807) is 25.3 Å². The Hall–Kier alpha value is -1.46. The summed E-state index contributed by atoms with van der Waals surface area (Å²) >= 11 is 0. The van der Waals surface area contributed by atoms with Gasteiger partial charge >= 0.3 is 0 Å². The summed E-state index contributed by atoms with van der Waals surface area (Å²) in [5.41, 5.74) is 0.212. The zero-order valence-corrected chi connectivity index (χ0v) is 11.0. The van der Waals surface area contributed by atoms with Crippen molar-refractivity contribution in [2.45, 2.75) is 31.4 Å². The van der Waals surface area contributed by atoms with E-state index >= 15 is 0 Å². The van der Waals surface area contributed by atoms with Crippen LogP contribution in [-0.4, -0.2) is 31.7 Å². The lowest BCUT2D eigenvalue weighted by molar-refractivity contribution is -0.115. The number of ether oxygens (including phenoxy) is 1. The normalized spacial score (nSPS) is 22.4. The van der Waals surface area contributed by atoms with Gasteiger partial charge in [-0.05, 0) is 31.4 Å². The summed E-state index contributed by atoms with van der Waals surface area (Å²) < 4.78 is 18.7. The van der Waals surface area contributed by atoms with Crippen LogP contribution in [0.2, 0.25) is 0 Å². The Kier molecular flexibility index (Phi) is 4.87. The first-order valence-corrected chi connectivity index (χ1v) is 6.51. The Balaban J connectivity index is 1.80. The number of benzene rings is 1. The van der Waals surface area contributed by atoms with Crippen LogP contribution in [0.25, 0.3) is 0 Å². The molecule has 2 rings (SSSR count). The van der Waals surface area contributed by atoms with Crippen molar-refractivity contribution < 1.29 is 13.9 Å². The van der Waals surface area contributed by atoms with Crippen molar-refractivity contribution in [1.29, 1.82) is 0 Å². The van der Waals surface area contributed by atoms with E-state index in [0.717, 1.165) is 19.3 Å². The fourth-order valence-corrected chi connectivity index (χ4v) is 2.42. The fraction of sp³-hybridized carbons (Fsp3) is 0.500. The lowest BCUT2D eigenvalue weighted by Crippen LogP contribution is -2.41. The van der Waals surface area contributed by atoms with Crippen LogP contribution in [0.1, 0.15) is 19.3 Å². The third kappa shape index (κ3) is 3.75. The van der Waals surface area contributed by atoms with Gasteiger partial charge in [-0.3, -0.25) is 4.79 Å². The Labute approximate surface area is 112 Å². The van der Waals surface area contributed by atoms with E-state index in [1.165, 1.54) is 6.07 Å². The molecule has 1 aromatic carbocycles. The minimum Gasteiger partial charge on any atom is -0.380 e. The molecule has 0 aromatic heterocycles. The average Bonchev–Trinajstić information content (AvgIpc) is 2.86. The minimum atomic E-state index is -0.425. The molecule has 0 radical (unpaired) electrons. The number of amides is 1. The third-order valence-corrected chi connectivity index (χ3v) is 3.43. The van der Waals surface area contributed by atoms with Gasteiger partial charge in [0.05, 0.1) is 18.3 Å². The second kappa shape index (κ2) is 6.63. The predicted octanol–water partition coefficient (Wildman–Crippen LogP) is 1.92. The van der Waals surface area contributed by atoms with Gasteiger partial charge in [-0.15, -0.1) is 0 Å². The number of methoxy groups -OCH3 is 1. The molecule has 4 nitrogen and oxygen atoms in total. The fourth-order valence-electron chi connectivity index (χ4n) is 2.42. The molecule has 1 aliphatic carbocycles. The van der Waals surface area contributed by atoms with Crippen molar-refractivity contribution >= 4 is 11.6 Å². The van der Waals surface area contributed by atoms with Crippen molar-refractivity contribution in [2.75, 3.05) is 19.0 Å². The lowest BCUT2D eigenvalue weighted by atomic mass is 10.2. The molecule has 0 saturated heterocycles. The van der Waals surface area contributed by atoms with Gasteiger partial charge in [0.15, 0.2) is 0 Å². The molecule has 0 aliphatic heterocycles. The zero-order chi connectivity index (χ0) is 13.7. The van der Waals surface area contributed by atoms with Gasteiger partial charge in [0.2, 0.25) is 5.91 Å². The van der Waals surface area contributed by atoms with E-state index in [1.807, 2.05) is 0 Å². The molecule has 0 spiro atoms. The number of carbonyl (C=O) groups excluding carboxylic acids is 1. The average molecular weight is 266 g/mol. The maximum atomic E-state index is 13.4. The molecule has 1 saturated carbocycles. The molecule has 19 heavy (non-hydrogen) atoms. The van der Waals surface area contributed by atoms with E-state index in [9.17, 15) is 9.18 Å². The molecule has 1 fully saturated rings. The van der Waals surface area contributed by atoms with Gasteiger partial charge in [-0.25, -0.2) is 4.39 Å². The van der Waals surface area contributed by atoms with Crippen LogP contribution in [-0.2, 0) is 9.53 Å². The largest absolute Gasteiger partial charge is 0.380 e. The first-order chi connectivity index (χ1) is 9.20. The molecule has 5 heteroatoms. The number of carbonyl (C=O) groups is 1. The number of halogens is 1. The highest BCUT2D eigenvalue weighted by Crippen LogP contribution is 2.21. The van der Waals surface area contributed by atoms with Crippen molar-refractivity contribution in [3.63, 3.8) is 0 Å². The van der Waals surface area contributed by atoms with E-state index < -0.39 is 5.82 Å². The molecule has 104 valence electrons. The molecule has 2 unspecified atom stereocenters. The summed E-state index contributed by atoms with van der Waals surface area (Å²) in [5, 5.41) is 5.71. The van der Waals surface area contributed by atoms with Crippen molar-refractivity contribution in [1.82, 2.24) is 5.32 Å². The van der Waals surface area contributed by atoms with Crippen molar-refractivity contribution in [3.8, 4) is 0 Å². The van der Waals surface area contributed by atoms with Crippen LogP contribution in [0.5, 0.6) is 0 Å². The van der Waals surface area contributed by atoms with E-state index in [0.29, 0.717) is 0 Å². The summed E-state index contributed by atoms with van der Waals surface area (Å²) in [7, 11) is 1.68. The first kappa shape index (κ1) is 14.0. The number of hydrogen-bond acceptors (Lipinski definition) is 3. The van der Waals surface area contributed by atoms with Gasteiger partial charge in [0, 0.05) is 13.2 Å². The predicted molar refractivity (Wildman–Crippen MR) is 71.5 cm³/mol. The van der Waals surface area contributed by atoms with Crippen molar-refractivity contribution in [3.05, 3.63) is 30.1 Å². The molecule has 0 heterocycles. The lowest BCUT2D eigenvalue weighted by Gasteiger charge is -2.19. The maximum absolute atomic E-state index is 13.4. The van der Waals surface area contributed by atoms with Gasteiger partial charge in [0.1, 0.15) is 5.82 Å². The highest BCUT2D eigenvalue weighted by molar-refractivity contribution is 5.92. The Morgan fingerprint density at radius 1 is 1.42 bits per heavy atom. The van der Waals surface area contributed by atoms with E-state index in [4.69, 9.17) is 4.74 Å². The number of para-hydroxylation sites is 1. The zero-order valence-electron chi connectivity index (χ0n) is 11.0. The molecule has 1 aliphatic rings. The summed E-state index contributed by atoms with van der Waals surface area (Å²) in [6.07, 6.45) is 3.29. The minimum absolute atomic E-state index is 0.166. The Morgan fingerprint density at radius 2 is 2.21 bits per heavy atom. The molecule has 1 aromatic rings. The van der Waals surface area contributed by atoms with Gasteiger partial charge < -0.3 is 15.4 Å². The SMILES string of the molecule is COC1CCCC1NCC(=O)Nc1ccccc1F. The number of hydrogen-bond donors (Lipinski definition) is 2. The monoisotopic (exact) mass is 266 g/mol. The highest BCUT2D eigenvalue weighted by Gasteiger charge is 2.26. The summed E-state index contributed by atoms with van der Waals surface area (Å²) in [6.45, 7) is 0.166. The summed E-state index contributed by atoms with van der Waals surface area (Å²) in [6, 6.07) is 6.34. The molecule has 2 atom stereocenters. The van der Waals surface area contributed by atoms with Crippen molar-refractivity contribution in [2.24, 2.45) is 0 Å². The van der Waals surface area contributed by atoms with Gasteiger partial charge in [0.25, 0.3) is 0 Å². The summed E-state index contributed by atoms with van der Waals surface area (Å²) in [4.78, 5) is 11.7. The van der Waals surface area contributed by atoms with Crippen LogP contribution in [0.3, 0.4) is 0 Å². The quantitative estimate of drug-likeness (QED) is 0.856. The van der Waals surface area contributed by atoms with Gasteiger partial charge in [-0.2, -0.15) is 0 Å². The smallest absolute Gasteiger partial charge is 0.238 e. The second-order valence-corrected chi connectivity index (χ2v) is 4.72. The third-order valence-electron chi connectivity index (χ3n) is 3.43. The Morgan fingerprint density at radius 3 is 2.95 bits per heavy atom. The molecule has 1 amide bonds. The summed E-state index contributed by atoms with van der Waals surface area (Å²) in [5.74, 6) is -0.668. The topological polar surface area (TPSA) is 50.4 Å². The van der Waals surface area contributed by atoms with Crippen LogP contribution in [0.15, 0.2) is 24.3 Å². The highest BCUT2D eigenvalue weighted by atomic mass is 19.1. The maximum Gasteiger partial charge on any atom is 0.238 e.